The van der Waals surface area contributed by atoms with E-state index in [1.807, 2.05) is 0 Å². The van der Waals surface area contributed by atoms with Gasteiger partial charge in [0.2, 0.25) is 0 Å². The molecule has 0 amide bonds. The zero-order chi connectivity index (χ0) is 9.54. The molecule has 0 fully saturated rings. The molecule has 0 aromatic heterocycles. The third-order valence-electron chi connectivity index (χ3n) is 3.35. The molecule has 1 atom stereocenters. The number of nitrogens with two attached hydrogens (primary N) is 1. The maximum Gasteiger partial charge on any atom is 0.122 e. The van der Waals surface area contributed by atoms with E-state index >= 15 is 0 Å². The summed E-state index contributed by atoms with van der Waals surface area (Å²) in [7, 11) is 0. The molecule has 0 saturated carbocycles. The van der Waals surface area contributed by atoms with Crippen molar-refractivity contribution in [1.82, 2.24) is 0 Å². The van der Waals surface area contributed by atoms with Crippen LogP contribution in [0.3, 0.4) is 0 Å². The van der Waals surface area contributed by atoms with Crippen LogP contribution in [0, 0.1) is 0 Å². The highest BCUT2D eigenvalue weighted by Gasteiger charge is 2.25. The fourth-order valence-electron chi connectivity index (χ4n) is 2.69. The number of hydrogen-bond acceptors (Lipinski definition) is 2. The molecule has 1 heterocycles. The van der Waals surface area contributed by atoms with Crippen LogP contribution in [0.1, 0.15) is 35.6 Å². The van der Waals surface area contributed by atoms with Crippen molar-refractivity contribution in [3.05, 3.63) is 28.8 Å². The summed E-state index contributed by atoms with van der Waals surface area (Å²) in [5, 5.41) is 0. The van der Waals surface area contributed by atoms with E-state index in [4.69, 9.17) is 10.5 Å². The second-order valence-electron chi connectivity index (χ2n) is 4.21. The standard InChI is InChI=1S/C12H15NO/c13-10-3-1-2-8-4-5-11-9(12(8)10)6-7-14-11/h4-5,10H,1-3,6-7,13H2. The third kappa shape index (κ3) is 1.07. The Bertz CT molecular complexity index is 373. The molecule has 1 unspecified atom stereocenters. The van der Waals surface area contributed by atoms with Crippen LogP contribution in [0.15, 0.2) is 12.1 Å². The van der Waals surface area contributed by atoms with Gasteiger partial charge in [-0.15, -0.1) is 0 Å². The lowest BCUT2D eigenvalue weighted by atomic mass is 9.84. The van der Waals surface area contributed by atoms with Crippen LogP contribution in [0.4, 0.5) is 0 Å². The van der Waals surface area contributed by atoms with Gasteiger partial charge in [0.25, 0.3) is 0 Å². The third-order valence-corrected chi connectivity index (χ3v) is 3.35. The highest BCUT2D eigenvalue weighted by atomic mass is 16.5. The summed E-state index contributed by atoms with van der Waals surface area (Å²) in [5.41, 5.74) is 10.4. The topological polar surface area (TPSA) is 35.2 Å². The molecular formula is C12H15NO. The lowest BCUT2D eigenvalue weighted by Crippen LogP contribution is -2.19. The zero-order valence-corrected chi connectivity index (χ0v) is 8.25. The van der Waals surface area contributed by atoms with Gasteiger partial charge < -0.3 is 10.5 Å². The van der Waals surface area contributed by atoms with Crippen LogP contribution >= 0.6 is 0 Å². The van der Waals surface area contributed by atoms with E-state index in [1.165, 1.54) is 29.5 Å². The Labute approximate surface area is 84.1 Å². The maximum absolute atomic E-state index is 6.16. The van der Waals surface area contributed by atoms with Crippen molar-refractivity contribution >= 4 is 0 Å². The summed E-state index contributed by atoms with van der Waals surface area (Å²) in [4.78, 5) is 0. The van der Waals surface area contributed by atoms with Crippen molar-refractivity contribution in [2.45, 2.75) is 31.7 Å². The molecular weight excluding hydrogens is 174 g/mol. The lowest BCUT2D eigenvalue weighted by molar-refractivity contribution is 0.356. The van der Waals surface area contributed by atoms with Crippen LogP contribution in [0.5, 0.6) is 5.75 Å². The van der Waals surface area contributed by atoms with Crippen LogP contribution < -0.4 is 10.5 Å². The van der Waals surface area contributed by atoms with Crippen LogP contribution in [-0.4, -0.2) is 6.61 Å². The quantitative estimate of drug-likeness (QED) is 0.677. The van der Waals surface area contributed by atoms with Gasteiger partial charge in [0.05, 0.1) is 6.61 Å². The summed E-state index contributed by atoms with van der Waals surface area (Å²) in [5.74, 6) is 1.07. The average Bonchev–Trinajstić information content (AvgIpc) is 2.65. The largest absolute Gasteiger partial charge is 0.493 e. The molecule has 2 nitrogen and oxygen atoms in total. The number of benzene rings is 1. The molecule has 0 radical (unpaired) electrons. The second kappa shape index (κ2) is 2.99. The van der Waals surface area contributed by atoms with Crippen molar-refractivity contribution in [1.29, 1.82) is 0 Å². The second-order valence-corrected chi connectivity index (χ2v) is 4.21. The van der Waals surface area contributed by atoms with Crippen molar-refractivity contribution in [2.75, 3.05) is 6.61 Å². The van der Waals surface area contributed by atoms with Gasteiger partial charge in [-0.3, -0.25) is 0 Å². The minimum absolute atomic E-state index is 0.246. The van der Waals surface area contributed by atoms with E-state index in [1.54, 1.807) is 0 Å². The number of hydrogen-bond donors (Lipinski definition) is 1. The van der Waals surface area contributed by atoms with Gasteiger partial charge in [0.15, 0.2) is 0 Å². The van der Waals surface area contributed by atoms with Crippen molar-refractivity contribution < 1.29 is 4.74 Å². The Morgan fingerprint density at radius 1 is 1.29 bits per heavy atom. The molecule has 1 aromatic carbocycles. The Hall–Kier alpha value is -1.02. The molecule has 1 aliphatic heterocycles. The first-order valence-corrected chi connectivity index (χ1v) is 5.39. The highest BCUT2D eigenvalue weighted by molar-refractivity contribution is 5.49. The van der Waals surface area contributed by atoms with E-state index in [-0.39, 0.29) is 6.04 Å². The van der Waals surface area contributed by atoms with Crippen LogP contribution in [0.25, 0.3) is 0 Å². The zero-order valence-electron chi connectivity index (χ0n) is 8.25. The number of fused-ring (bicyclic) bond motifs is 3. The average molecular weight is 189 g/mol. The Morgan fingerprint density at radius 3 is 3.14 bits per heavy atom. The molecule has 0 spiro atoms. The van der Waals surface area contributed by atoms with Gasteiger partial charge in [-0.05, 0) is 36.5 Å². The molecule has 1 aliphatic carbocycles. The van der Waals surface area contributed by atoms with E-state index in [0.29, 0.717) is 0 Å². The molecule has 3 rings (SSSR count). The molecule has 14 heavy (non-hydrogen) atoms. The van der Waals surface area contributed by atoms with Gasteiger partial charge in [-0.1, -0.05) is 6.07 Å². The molecule has 0 bridgehead atoms. The predicted molar refractivity (Wildman–Crippen MR) is 55.5 cm³/mol. The van der Waals surface area contributed by atoms with Gasteiger partial charge in [-0.2, -0.15) is 0 Å². The smallest absolute Gasteiger partial charge is 0.122 e. The fourth-order valence-corrected chi connectivity index (χ4v) is 2.69. The summed E-state index contributed by atoms with van der Waals surface area (Å²) in [6.07, 6.45) is 4.60. The van der Waals surface area contributed by atoms with Crippen molar-refractivity contribution in [2.24, 2.45) is 5.73 Å². The van der Waals surface area contributed by atoms with Crippen LogP contribution in [0.2, 0.25) is 0 Å². The first-order chi connectivity index (χ1) is 6.86. The first kappa shape index (κ1) is 8.30. The Kier molecular flexibility index (Phi) is 1.77. The minimum atomic E-state index is 0.246. The molecule has 2 N–H and O–H groups in total. The normalized spacial score (nSPS) is 23.9. The van der Waals surface area contributed by atoms with Gasteiger partial charge >= 0.3 is 0 Å². The minimum Gasteiger partial charge on any atom is -0.493 e. The van der Waals surface area contributed by atoms with E-state index < -0.39 is 0 Å². The summed E-state index contributed by atoms with van der Waals surface area (Å²) in [6, 6.07) is 4.55. The molecule has 0 saturated heterocycles. The van der Waals surface area contributed by atoms with Crippen LogP contribution in [-0.2, 0) is 12.8 Å². The SMILES string of the molecule is NC1CCCc2ccc3c(c21)CCO3. The summed E-state index contributed by atoms with van der Waals surface area (Å²) >= 11 is 0. The van der Waals surface area contributed by atoms with E-state index in [0.717, 1.165) is 25.2 Å². The Morgan fingerprint density at radius 2 is 2.21 bits per heavy atom. The van der Waals surface area contributed by atoms with E-state index in [9.17, 15) is 0 Å². The van der Waals surface area contributed by atoms with Gasteiger partial charge in [-0.25, -0.2) is 0 Å². The monoisotopic (exact) mass is 189 g/mol. The number of aryl methyl sites for hydroxylation is 1. The molecule has 74 valence electrons. The van der Waals surface area contributed by atoms with Crippen molar-refractivity contribution in [3.63, 3.8) is 0 Å². The predicted octanol–water partition coefficient (Wildman–Crippen LogP) is 1.96. The lowest BCUT2D eigenvalue weighted by Gasteiger charge is -2.24. The highest BCUT2D eigenvalue weighted by Crippen LogP contribution is 2.38. The van der Waals surface area contributed by atoms with Gasteiger partial charge in [0, 0.05) is 18.0 Å². The summed E-state index contributed by atoms with van der Waals surface area (Å²) in [6.45, 7) is 0.832. The fraction of sp³-hybridized carbons (Fsp3) is 0.500. The Balaban J connectivity index is 2.19. The van der Waals surface area contributed by atoms with Crippen molar-refractivity contribution in [3.8, 4) is 5.75 Å². The maximum atomic E-state index is 6.16. The van der Waals surface area contributed by atoms with E-state index in [2.05, 4.69) is 12.1 Å². The first-order valence-electron chi connectivity index (χ1n) is 5.39. The molecule has 2 aliphatic rings. The molecule has 2 heteroatoms. The van der Waals surface area contributed by atoms with Gasteiger partial charge in [0.1, 0.15) is 5.75 Å². The number of ether oxygens (including phenoxy) is 1. The summed E-state index contributed by atoms with van der Waals surface area (Å²) < 4.78 is 5.56. The molecule has 1 aromatic rings. The number of rotatable bonds is 0.